The summed E-state index contributed by atoms with van der Waals surface area (Å²) in [6, 6.07) is 5.89. The highest BCUT2D eigenvalue weighted by atomic mass is 35.5. The normalized spacial score (nSPS) is 14.4. The standard InChI is InChI=1S/C13H16Cl2N4/c1-8(10-4-5-11(14)12(15)6-10)17-9(2)13-18-16-7-19(13)3/h4-9,17H,1-3H3. The molecule has 2 rings (SSSR count). The molecule has 2 atom stereocenters. The van der Waals surface area contributed by atoms with Crippen molar-refractivity contribution in [2.24, 2.45) is 7.05 Å². The number of aromatic nitrogens is 3. The van der Waals surface area contributed by atoms with Crippen molar-refractivity contribution in [3.05, 3.63) is 46.0 Å². The maximum Gasteiger partial charge on any atom is 0.149 e. The molecule has 1 N–H and O–H groups in total. The largest absolute Gasteiger partial charge is 0.319 e. The summed E-state index contributed by atoms with van der Waals surface area (Å²) in [5.74, 6) is 0.895. The lowest BCUT2D eigenvalue weighted by molar-refractivity contribution is 0.466. The first-order valence-corrected chi connectivity index (χ1v) is 6.79. The van der Waals surface area contributed by atoms with Gasteiger partial charge in [0.15, 0.2) is 0 Å². The van der Waals surface area contributed by atoms with E-state index in [1.54, 1.807) is 6.33 Å². The minimum absolute atomic E-state index is 0.0944. The van der Waals surface area contributed by atoms with Gasteiger partial charge in [0.05, 0.1) is 16.1 Å². The van der Waals surface area contributed by atoms with Crippen LogP contribution in [0.5, 0.6) is 0 Å². The summed E-state index contributed by atoms with van der Waals surface area (Å²) in [5, 5.41) is 12.6. The Bertz CT molecular complexity index is 568. The average Bonchev–Trinajstić information content (AvgIpc) is 2.79. The first-order chi connectivity index (χ1) is 8.99. The van der Waals surface area contributed by atoms with Gasteiger partial charge in [0.2, 0.25) is 0 Å². The van der Waals surface area contributed by atoms with Gasteiger partial charge in [-0.3, -0.25) is 0 Å². The van der Waals surface area contributed by atoms with E-state index in [0.717, 1.165) is 11.4 Å². The van der Waals surface area contributed by atoms with Crippen LogP contribution < -0.4 is 5.32 Å². The van der Waals surface area contributed by atoms with E-state index < -0.39 is 0 Å². The number of hydrogen-bond acceptors (Lipinski definition) is 3. The number of benzene rings is 1. The second kappa shape index (κ2) is 5.90. The van der Waals surface area contributed by atoms with E-state index in [1.807, 2.05) is 29.8 Å². The van der Waals surface area contributed by atoms with Crippen molar-refractivity contribution in [2.75, 3.05) is 0 Å². The van der Waals surface area contributed by atoms with Crippen LogP contribution >= 0.6 is 23.2 Å². The van der Waals surface area contributed by atoms with E-state index >= 15 is 0 Å². The number of halogens is 2. The van der Waals surface area contributed by atoms with Gasteiger partial charge in [-0.25, -0.2) is 0 Å². The smallest absolute Gasteiger partial charge is 0.149 e. The van der Waals surface area contributed by atoms with Crippen LogP contribution in [0.4, 0.5) is 0 Å². The third kappa shape index (κ3) is 3.26. The van der Waals surface area contributed by atoms with E-state index in [2.05, 4.69) is 29.4 Å². The van der Waals surface area contributed by atoms with Gasteiger partial charge in [0.1, 0.15) is 12.2 Å². The Morgan fingerprint density at radius 3 is 2.47 bits per heavy atom. The quantitative estimate of drug-likeness (QED) is 0.939. The minimum Gasteiger partial charge on any atom is -0.319 e. The molecular weight excluding hydrogens is 283 g/mol. The molecule has 1 aromatic heterocycles. The predicted molar refractivity (Wildman–Crippen MR) is 77.4 cm³/mol. The fourth-order valence-electron chi connectivity index (χ4n) is 2.01. The van der Waals surface area contributed by atoms with E-state index in [-0.39, 0.29) is 12.1 Å². The van der Waals surface area contributed by atoms with Crippen molar-refractivity contribution in [1.29, 1.82) is 0 Å². The van der Waals surface area contributed by atoms with Gasteiger partial charge in [-0.05, 0) is 31.5 Å². The van der Waals surface area contributed by atoms with Crippen molar-refractivity contribution < 1.29 is 0 Å². The van der Waals surface area contributed by atoms with Crippen molar-refractivity contribution in [2.45, 2.75) is 25.9 Å². The van der Waals surface area contributed by atoms with Gasteiger partial charge < -0.3 is 9.88 Å². The zero-order valence-corrected chi connectivity index (χ0v) is 12.6. The number of hydrogen-bond donors (Lipinski definition) is 1. The Hall–Kier alpha value is -1.10. The van der Waals surface area contributed by atoms with Gasteiger partial charge in [-0.1, -0.05) is 29.3 Å². The minimum atomic E-state index is 0.0944. The van der Waals surface area contributed by atoms with Crippen molar-refractivity contribution in [1.82, 2.24) is 20.1 Å². The fraction of sp³-hybridized carbons (Fsp3) is 0.385. The molecule has 0 saturated heterocycles. The second-order valence-corrected chi connectivity index (χ2v) is 5.40. The Balaban J connectivity index is 2.10. The Kier molecular flexibility index (Phi) is 4.45. The lowest BCUT2D eigenvalue weighted by Gasteiger charge is -2.20. The molecule has 0 aliphatic carbocycles. The van der Waals surface area contributed by atoms with Crippen LogP contribution in [0.15, 0.2) is 24.5 Å². The van der Waals surface area contributed by atoms with E-state index in [1.165, 1.54) is 0 Å². The summed E-state index contributed by atoms with van der Waals surface area (Å²) in [6.45, 7) is 4.13. The van der Waals surface area contributed by atoms with E-state index in [9.17, 15) is 0 Å². The number of rotatable bonds is 4. The van der Waals surface area contributed by atoms with Crippen LogP contribution in [0.25, 0.3) is 0 Å². The van der Waals surface area contributed by atoms with Gasteiger partial charge in [-0.2, -0.15) is 0 Å². The van der Waals surface area contributed by atoms with Crippen LogP contribution in [-0.4, -0.2) is 14.8 Å². The molecule has 0 radical (unpaired) electrons. The summed E-state index contributed by atoms with van der Waals surface area (Å²) in [5.41, 5.74) is 1.09. The van der Waals surface area contributed by atoms with E-state index in [4.69, 9.17) is 23.2 Å². The van der Waals surface area contributed by atoms with Crippen molar-refractivity contribution >= 4 is 23.2 Å². The topological polar surface area (TPSA) is 42.7 Å². The molecule has 2 aromatic rings. The molecule has 0 aliphatic heterocycles. The molecule has 0 bridgehead atoms. The maximum absolute atomic E-state index is 6.03. The van der Waals surface area contributed by atoms with Gasteiger partial charge in [0, 0.05) is 13.1 Å². The number of nitrogens with zero attached hydrogens (tertiary/aromatic N) is 3. The van der Waals surface area contributed by atoms with Crippen LogP contribution in [0, 0.1) is 0 Å². The molecule has 1 heterocycles. The highest BCUT2D eigenvalue weighted by Crippen LogP contribution is 2.26. The fourth-order valence-corrected chi connectivity index (χ4v) is 2.32. The SMILES string of the molecule is CC(NC(C)c1nncn1C)c1ccc(Cl)c(Cl)c1. The summed E-state index contributed by atoms with van der Waals surface area (Å²) in [7, 11) is 1.93. The molecule has 19 heavy (non-hydrogen) atoms. The summed E-state index contributed by atoms with van der Waals surface area (Å²) in [6.07, 6.45) is 1.69. The molecule has 102 valence electrons. The second-order valence-electron chi connectivity index (χ2n) is 4.58. The van der Waals surface area contributed by atoms with Crippen LogP contribution in [-0.2, 0) is 7.05 Å². The molecule has 6 heteroatoms. The van der Waals surface area contributed by atoms with Crippen LogP contribution in [0.2, 0.25) is 10.0 Å². The number of aryl methyl sites for hydroxylation is 1. The van der Waals surface area contributed by atoms with Crippen LogP contribution in [0.3, 0.4) is 0 Å². The molecule has 4 nitrogen and oxygen atoms in total. The molecule has 0 amide bonds. The summed E-state index contributed by atoms with van der Waals surface area (Å²) in [4.78, 5) is 0. The lowest BCUT2D eigenvalue weighted by Crippen LogP contribution is -2.24. The van der Waals surface area contributed by atoms with Gasteiger partial charge in [-0.15, -0.1) is 10.2 Å². The monoisotopic (exact) mass is 298 g/mol. The first kappa shape index (κ1) is 14.3. The molecule has 0 saturated carbocycles. The third-order valence-corrected chi connectivity index (χ3v) is 3.82. The van der Waals surface area contributed by atoms with Crippen LogP contribution in [0.1, 0.15) is 37.3 Å². The van der Waals surface area contributed by atoms with Crippen molar-refractivity contribution in [3.63, 3.8) is 0 Å². The predicted octanol–water partition coefficient (Wildman–Crippen LogP) is 3.53. The average molecular weight is 299 g/mol. The highest BCUT2D eigenvalue weighted by molar-refractivity contribution is 6.42. The first-order valence-electron chi connectivity index (χ1n) is 6.04. The zero-order valence-electron chi connectivity index (χ0n) is 11.1. The third-order valence-electron chi connectivity index (χ3n) is 3.08. The van der Waals surface area contributed by atoms with Crippen molar-refractivity contribution in [3.8, 4) is 0 Å². The summed E-state index contributed by atoms with van der Waals surface area (Å²) >= 11 is 12.0. The molecule has 0 aliphatic rings. The lowest BCUT2D eigenvalue weighted by atomic mass is 10.1. The Morgan fingerprint density at radius 2 is 1.89 bits per heavy atom. The Labute approximate surface area is 122 Å². The van der Waals surface area contributed by atoms with Gasteiger partial charge in [0.25, 0.3) is 0 Å². The molecular formula is C13H16Cl2N4. The molecule has 2 unspecified atom stereocenters. The molecule has 0 fully saturated rings. The maximum atomic E-state index is 6.03. The summed E-state index contributed by atoms with van der Waals surface area (Å²) < 4.78 is 1.90. The number of nitrogens with one attached hydrogen (secondary N) is 1. The molecule has 1 aromatic carbocycles. The molecule has 0 spiro atoms. The van der Waals surface area contributed by atoms with E-state index in [0.29, 0.717) is 10.0 Å². The Morgan fingerprint density at radius 1 is 1.16 bits per heavy atom. The van der Waals surface area contributed by atoms with Gasteiger partial charge >= 0.3 is 0 Å². The highest BCUT2D eigenvalue weighted by Gasteiger charge is 2.15. The zero-order chi connectivity index (χ0) is 14.0.